The van der Waals surface area contributed by atoms with Gasteiger partial charge in [-0.05, 0) is 74.1 Å². The molecule has 2 aromatic carbocycles. The summed E-state index contributed by atoms with van der Waals surface area (Å²) in [6.45, 7) is 10.3. The number of benzene rings is 2. The van der Waals surface area contributed by atoms with Gasteiger partial charge in [-0.25, -0.2) is 0 Å². The Kier molecular flexibility index (Phi) is 4.38. The second-order valence-corrected chi connectivity index (χ2v) is 5.89. The third-order valence-electron chi connectivity index (χ3n) is 4.16. The molecule has 0 heterocycles. The molecule has 2 rings (SSSR count). The Bertz CT molecular complexity index is 672. The summed E-state index contributed by atoms with van der Waals surface area (Å²) < 4.78 is 5.48. The van der Waals surface area contributed by atoms with Crippen LogP contribution in [0.5, 0.6) is 5.75 Å². The van der Waals surface area contributed by atoms with Gasteiger partial charge in [-0.3, -0.25) is 0 Å². The second kappa shape index (κ2) is 5.90. The summed E-state index contributed by atoms with van der Waals surface area (Å²) in [5.41, 5.74) is 7.54. The maximum atomic E-state index is 10.9. The van der Waals surface area contributed by atoms with E-state index in [4.69, 9.17) is 4.74 Å². The minimum atomic E-state index is -0.667. The van der Waals surface area contributed by atoms with Gasteiger partial charge in [0, 0.05) is 5.56 Å². The average Bonchev–Trinajstić information content (AvgIpc) is 2.41. The molecule has 21 heavy (non-hydrogen) atoms. The highest BCUT2D eigenvalue weighted by molar-refractivity contribution is 5.50. The molecule has 2 heteroatoms. The van der Waals surface area contributed by atoms with Gasteiger partial charge < -0.3 is 9.84 Å². The summed E-state index contributed by atoms with van der Waals surface area (Å²) in [5.74, 6) is 0.748. The molecule has 1 unspecified atom stereocenters. The van der Waals surface area contributed by atoms with Crippen LogP contribution in [0.15, 0.2) is 24.3 Å². The summed E-state index contributed by atoms with van der Waals surface area (Å²) in [6, 6.07) is 8.26. The van der Waals surface area contributed by atoms with E-state index in [1.807, 2.05) is 26.8 Å². The number of hydrogen-bond donors (Lipinski definition) is 1. The summed E-state index contributed by atoms with van der Waals surface area (Å²) in [7, 11) is 1.65. The van der Waals surface area contributed by atoms with Crippen LogP contribution in [0.2, 0.25) is 0 Å². The lowest BCUT2D eigenvalue weighted by Gasteiger charge is -2.21. The van der Waals surface area contributed by atoms with E-state index in [-0.39, 0.29) is 0 Å². The van der Waals surface area contributed by atoms with Gasteiger partial charge in [0.2, 0.25) is 0 Å². The van der Waals surface area contributed by atoms with Crippen molar-refractivity contribution in [1.29, 1.82) is 0 Å². The Balaban J connectivity index is 2.60. The fourth-order valence-corrected chi connectivity index (χ4v) is 2.89. The van der Waals surface area contributed by atoms with Gasteiger partial charge in [-0.2, -0.15) is 0 Å². The van der Waals surface area contributed by atoms with Crippen LogP contribution in [0.1, 0.15) is 45.0 Å². The van der Waals surface area contributed by atoms with Crippen LogP contribution in [0.3, 0.4) is 0 Å². The van der Waals surface area contributed by atoms with Crippen molar-refractivity contribution in [2.75, 3.05) is 7.11 Å². The molecule has 0 aromatic heterocycles. The fraction of sp³-hybridized carbons (Fsp3) is 0.368. The van der Waals surface area contributed by atoms with Gasteiger partial charge in [0.05, 0.1) is 7.11 Å². The van der Waals surface area contributed by atoms with Crippen LogP contribution in [-0.2, 0) is 0 Å². The van der Waals surface area contributed by atoms with Crippen LogP contribution >= 0.6 is 0 Å². The molecule has 0 amide bonds. The molecule has 0 radical (unpaired) electrons. The van der Waals surface area contributed by atoms with E-state index < -0.39 is 6.10 Å². The second-order valence-electron chi connectivity index (χ2n) is 5.89. The molecule has 0 fully saturated rings. The minimum absolute atomic E-state index is 0.667. The number of rotatable bonds is 3. The zero-order chi connectivity index (χ0) is 15.7. The molecule has 2 nitrogen and oxygen atoms in total. The molecule has 0 aliphatic carbocycles. The Labute approximate surface area is 127 Å². The maximum absolute atomic E-state index is 10.9. The van der Waals surface area contributed by atoms with Crippen molar-refractivity contribution in [2.45, 2.75) is 40.7 Å². The van der Waals surface area contributed by atoms with Crippen LogP contribution in [-0.4, -0.2) is 12.2 Å². The zero-order valence-electron chi connectivity index (χ0n) is 13.7. The van der Waals surface area contributed by atoms with E-state index in [1.165, 1.54) is 11.1 Å². The quantitative estimate of drug-likeness (QED) is 0.909. The first-order chi connectivity index (χ1) is 9.85. The molecule has 0 spiro atoms. The normalized spacial score (nSPS) is 12.3. The third-order valence-corrected chi connectivity index (χ3v) is 4.16. The predicted molar refractivity (Wildman–Crippen MR) is 87.2 cm³/mol. The molecule has 1 N–H and O–H groups in total. The van der Waals surface area contributed by atoms with Gasteiger partial charge in [0.1, 0.15) is 11.9 Å². The van der Waals surface area contributed by atoms with Gasteiger partial charge in [0.15, 0.2) is 0 Å². The largest absolute Gasteiger partial charge is 0.496 e. The monoisotopic (exact) mass is 284 g/mol. The molecule has 0 saturated heterocycles. The molecular formula is C19H24O2. The predicted octanol–water partition coefficient (Wildman–Crippen LogP) is 4.32. The smallest absolute Gasteiger partial charge is 0.125 e. The van der Waals surface area contributed by atoms with Crippen LogP contribution in [0, 0.1) is 34.6 Å². The highest BCUT2D eigenvalue weighted by Crippen LogP contribution is 2.35. The molecular weight excluding hydrogens is 260 g/mol. The molecule has 112 valence electrons. The van der Waals surface area contributed by atoms with E-state index in [2.05, 4.69) is 32.0 Å². The molecule has 0 saturated carbocycles. The number of aliphatic hydroxyl groups excluding tert-OH is 1. The van der Waals surface area contributed by atoms with Gasteiger partial charge >= 0.3 is 0 Å². The number of methoxy groups -OCH3 is 1. The van der Waals surface area contributed by atoms with Crippen molar-refractivity contribution in [3.63, 3.8) is 0 Å². The van der Waals surface area contributed by atoms with E-state index >= 15 is 0 Å². The lowest BCUT2D eigenvalue weighted by molar-refractivity contribution is 0.213. The Morgan fingerprint density at radius 1 is 0.810 bits per heavy atom. The van der Waals surface area contributed by atoms with Crippen molar-refractivity contribution >= 4 is 0 Å². The molecule has 2 aromatic rings. The Morgan fingerprint density at radius 2 is 1.43 bits per heavy atom. The SMILES string of the molecule is COc1cc(C)cc(C)c1C(O)c1cc(C)c(C)cc1C. The first-order valence-electron chi connectivity index (χ1n) is 7.26. The standard InChI is InChI=1S/C19H24O2/c1-11-7-15(5)18(17(8-11)21-6)19(20)16-10-13(3)12(2)9-14(16)4/h7-10,19-20H,1-6H3. The van der Waals surface area contributed by atoms with Gasteiger partial charge in [-0.15, -0.1) is 0 Å². The van der Waals surface area contributed by atoms with E-state index in [9.17, 15) is 5.11 Å². The number of hydrogen-bond acceptors (Lipinski definition) is 2. The topological polar surface area (TPSA) is 29.5 Å². The molecule has 0 aliphatic heterocycles. The molecule has 0 bridgehead atoms. The number of aliphatic hydroxyl groups is 1. The molecule has 1 atom stereocenters. The van der Waals surface area contributed by atoms with Gasteiger partial charge in [0.25, 0.3) is 0 Å². The van der Waals surface area contributed by atoms with Crippen LogP contribution < -0.4 is 4.74 Å². The third kappa shape index (κ3) is 2.96. The van der Waals surface area contributed by atoms with Crippen molar-refractivity contribution in [3.8, 4) is 5.75 Å². The number of aryl methyl sites for hydroxylation is 5. The van der Waals surface area contributed by atoms with Gasteiger partial charge in [-0.1, -0.05) is 18.2 Å². The lowest BCUT2D eigenvalue weighted by atomic mass is 9.90. The van der Waals surface area contributed by atoms with Crippen LogP contribution in [0.4, 0.5) is 0 Å². The summed E-state index contributed by atoms with van der Waals surface area (Å²) in [4.78, 5) is 0. The van der Waals surface area contributed by atoms with E-state index in [0.29, 0.717) is 0 Å². The molecule has 0 aliphatic rings. The maximum Gasteiger partial charge on any atom is 0.125 e. The van der Waals surface area contributed by atoms with Crippen molar-refractivity contribution in [3.05, 3.63) is 63.2 Å². The van der Waals surface area contributed by atoms with Crippen LogP contribution in [0.25, 0.3) is 0 Å². The number of ether oxygens (including phenoxy) is 1. The fourth-order valence-electron chi connectivity index (χ4n) is 2.89. The summed E-state index contributed by atoms with van der Waals surface area (Å²) in [6.07, 6.45) is -0.667. The highest BCUT2D eigenvalue weighted by atomic mass is 16.5. The first kappa shape index (κ1) is 15.6. The Morgan fingerprint density at radius 3 is 2.05 bits per heavy atom. The Hall–Kier alpha value is -1.80. The van der Waals surface area contributed by atoms with E-state index in [1.54, 1.807) is 7.11 Å². The zero-order valence-corrected chi connectivity index (χ0v) is 13.7. The van der Waals surface area contributed by atoms with Crippen molar-refractivity contribution in [1.82, 2.24) is 0 Å². The van der Waals surface area contributed by atoms with Crippen molar-refractivity contribution < 1.29 is 9.84 Å². The first-order valence-corrected chi connectivity index (χ1v) is 7.26. The van der Waals surface area contributed by atoms with E-state index in [0.717, 1.165) is 33.6 Å². The highest BCUT2D eigenvalue weighted by Gasteiger charge is 2.20. The van der Waals surface area contributed by atoms with Crippen molar-refractivity contribution in [2.24, 2.45) is 0 Å². The average molecular weight is 284 g/mol. The summed E-state index contributed by atoms with van der Waals surface area (Å²) in [5, 5.41) is 10.9. The minimum Gasteiger partial charge on any atom is -0.496 e. The lowest BCUT2D eigenvalue weighted by Crippen LogP contribution is -2.07. The summed E-state index contributed by atoms with van der Waals surface area (Å²) >= 11 is 0.